The molecule has 1 aliphatic carbocycles. The van der Waals surface area contributed by atoms with Crippen LogP contribution in [0.15, 0.2) is 35.0 Å². The predicted octanol–water partition coefficient (Wildman–Crippen LogP) is 4.84. The third-order valence-corrected chi connectivity index (χ3v) is 5.79. The van der Waals surface area contributed by atoms with E-state index >= 15 is 0 Å². The lowest BCUT2D eigenvalue weighted by Gasteiger charge is -2.26. The molecule has 180 valence electrons. The highest BCUT2D eigenvalue weighted by molar-refractivity contribution is 5.94. The maximum Gasteiger partial charge on any atom is 0.417 e. The molecule has 2 heterocycles. The number of halogens is 5. The van der Waals surface area contributed by atoms with Crippen LogP contribution in [0.1, 0.15) is 53.4 Å². The van der Waals surface area contributed by atoms with Gasteiger partial charge in [-0.05, 0) is 55.9 Å². The topological polar surface area (TPSA) is 101 Å². The van der Waals surface area contributed by atoms with E-state index < -0.39 is 35.0 Å². The molecule has 2 aromatic heterocycles. The number of nitrogens with zero attached hydrogens (tertiary/aromatic N) is 3. The van der Waals surface area contributed by atoms with Gasteiger partial charge in [0.15, 0.2) is 17.4 Å². The lowest BCUT2D eigenvalue weighted by Crippen LogP contribution is -2.31. The summed E-state index contributed by atoms with van der Waals surface area (Å²) in [7, 11) is 0. The van der Waals surface area contributed by atoms with Gasteiger partial charge < -0.3 is 14.9 Å². The van der Waals surface area contributed by atoms with Gasteiger partial charge in [0.25, 0.3) is 5.91 Å². The molecule has 1 saturated carbocycles. The van der Waals surface area contributed by atoms with Crippen molar-refractivity contribution in [3.05, 3.63) is 59.1 Å². The summed E-state index contributed by atoms with van der Waals surface area (Å²) in [5, 5.41) is 15.6. The van der Waals surface area contributed by atoms with Crippen molar-refractivity contribution in [2.45, 2.75) is 37.8 Å². The molecule has 0 unspecified atom stereocenters. The van der Waals surface area contributed by atoms with Crippen LogP contribution >= 0.6 is 0 Å². The summed E-state index contributed by atoms with van der Waals surface area (Å²) in [4.78, 5) is 20.2. The summed E-state index contributed by atoms with van der Waals surface area (Å²) in [6.07, 6.45) is -0.955. The second-order valence-electron chi connectivity index (χ2n) is 8.10. The highest BCUT2D eigenvalue weighted by Gasteiger charge is 2.31. The van der Waals surface area contributed by atoms with E-state index in [1.807, 2.05) is 0 Å². The van der Waals surface area contributed by atoms with Crippen molar-refractivity contribution in [1.82, 2.24) is 20.4 Å². The molecule has 0 bridgehead atoms. The quantitative estimate of drug-likeness (QED) is 0.505. The van der Waals surface area contributed by atoms with Crippen LogP contribution in [0.4, 0.5) is 22.0 Å². The van der Waals surface area contributed by atoms with Gasteiger partial charge in [-0.1, -0.05) is 5.16 Å². The molecule has 1 aliphatic rings. The van der Waals surface area contributed by atoms with E-state index in [0.29, 0.717) is 31.5 Å². The second-order valence-corrected chi connectivity index (χ2v) is 8.10. The number of aromatic hydroxyl groups is 1. The molecule has 0 saturated heterocycles. The molecular weight excluding hydrogens is 463 g/mol. The van der Waals surface area contributed by atoms with Crippen molar-refractivity contribution >= 4 is 5.91 Å². The maximum atomic E-state index is 13.4. The molecule has 0 atom stereocenters. The fourth-order valence-corrected chi connectivity index (χ4v) is 3.85. The normalized spacial score (nSPS) is 18.6. The molecule has 4 rings (SSSR count). The number of carbonyl (C=O) groups is 1. The molecule has 0 spiro atoms. The lowest BCUT2D eigenvalue weighted by atomic mass is 9.82. The minimum absolute atomic E-state index is 0.0389. The van der Waals surface area contributed by atoms with Crippen LogP contribution in [-0.4, -0.2) is 32.7 Å². The molecule has 1 fully saturated rings. The van der Waals surface area contributed by atoms with Gasteiger partial charge in [0.1, 0.15) is 5.69 Å². The average Bonchev–Trinajstić information content (AvgIpc) is 3.31. The number of hydrogen-bond donors (Lipinski definition) is 2. The number of amides is 1. The van der Waals surface area contributed by atoms with Crippen LogP contribution in [0.2, 0.25) is 0 Å². The smallest absolute Gasteiger partial charge is 0.417 e. The third kappa shape index (κ3) is 5.15. The van der Waals surface area contributed by atoms with E-state index in [1.54, 1.807) is 0 Å². The zero-order valence-electron chi connectivity index (χ0n) is 17.6. The second kappa shape index (κ2) is 9.35. The summed E-state index contributed by atoms with van der Waals surface area (Å²) in [6.45, 7) is 0.306. The Balaban J connectivity index is 1.30. The van der Waals surface area contributed by atoms with Gasteiger partial charge >= 0.3 is 6.18 Å². The van der Waals surface area contributed by atoms with Crippen LogP contribution in [0.3, 0.4) is 0 Å². The Labute approximate surface area is 190 Å². The van der Waals surface area contributed by atoms with Crippen molar-refractivity contribution in [3.63, 3.8) is 0 Å². The molecular formula is C22H19F5N4O3. The van der Waals surface area contributed by atoms with Gasteiger partial charge in [-0.25, -0.2) is 8.78 Å². The fraction of sp³-hybridized carbons (Fsp3) is 0.364. The van der Waals surface area contributed by atoms with Crippen molar-refractivity contribution in [2.75, 3.05) is 6.54 Å². The largest absolute Gasteiger partial charge is 0.503 e. The molecule has 1 amide bonds. The highest BCUT2D eigenvalue weighted by atomic mass is 19.4. The van der Waals surface area contributed by atoms with Crippen LogP contribution in [0.25, 0.3) is 11.5 Å². The molecule has 12 heteroatoms. The molecule has 1 aromatic carbocycles. The summed E-state index contributed by atoms with van der Waals surface area (Å²) >= 11 is 0. The van der Waals surface area contributed by atoms with E-state index in [-0.39, 0.29) is 28.9 Å². The number of alkyl halides is 3. The van der Waals surface area contributed by atoms with Crippen LogP contribution in [0.5, 0.6) is 5.75 Å². The molecule has 2 N–H and O–H groups in total. The number of phenols is 1. The third-order valence-electron chi connectivity index (χ3n) is 5.79. The van der Waals surface area contributed by atoms with Gasteiger partial charge in [-0.3, -0.25) is 9.78 Å². The van der Waals surface area contributed by atoms with Crippen molar-refractivity contribution in [3.8, 4) is 17.3 Å². The van der Waals surface area contributed by atoms with Gasteiger partial charge in [0, 0.05) is 24.2 Å². The standard InChI is InChI=1S/C22H19F5N4O3/c23-15-7-13(8-16(24)18(15)32)20(33)29-9-11-1-3-12(4-2-11)21-30-19(31-34-21)17-6-5-14(10-28-17)22(25,26)27/h5-8,10-12,32H,1-4,9H2,(H,29,33). The Bertz CT molecular complexity index is 1150. The van der Waals surface area contributed by atoms with Crippen molar-refractivity contribution in [2.24, 2.45) is 5.92 Å². The zero-order valence-corrected chi connectivity index (χ0v) is 17.6. The van der Waals surface area contributed by atoms with Gasteiger partial charge in [-0.15, -0.1) is 0 Å². The summed E-state index contributed by atoms with van der Waals surface area (Å²) in [6, 6.07) is 3.62. The first-order valence-electron chi connectivity index (χ1n) is 10.4. The number of pyridine rings is 1. The number of phenolic OH excluding ortho intramolecular Hbond substituents is 1. The molecule has 7 nitrogen and oxygen atoms in total. The minimum atomic E-state index is -4.48. The van der Waals surface area contributed by atoms with Crippen LogP contribution < -0.4 is 5.32 Å². The molecule has 34 heavy (non-hydrogen) atoms. The fourth-order valence-electron chi connectivity index (χ4n) is 3.85. The van der Waals surface area contributed by atoms with E-state index in [0.717, 1.165) is 31.0 Å². The first-order valence-corrected chi connectivity index (χ1v) is 10.4. The van der Waals surface area contributed by atoms with E-state index in [1.165, 1.54) is 6.07 Å². The highest BCUT2D eigenvalue weighted by Crippen LogP contribution is 2.36. The number of nitrogens with one attached hydrogen (secondary N) is 1. The predicted molar refractivity (Wildman–Crippen MR) is 108 cm³/mol. The molecule has 3 aromatic rings. The maximum absolute atomic E-state index is 13.4. The Morgan fingerprint density at radius 2 is 1.79 bits per heavy atom. The molecule has 0 radical (unpaired) electrons. The number of aromatic nitrogens is 3. The zero-order chi connectivity index (χ0) is 24.5. The Kier molecular flexibility index (Phi) is 6.49. The SMILES string of the molecule is O=C(NCC1CCC(c2nc(-c3ccc(C(F)(F)F)cn3)no2)CC1)c1cc(F)c(O)c(F)c1. The minimum Gasteiger partial charge on any atom is -0.503 e. The Morgan fingerprint density at radius 1 is 1.12 bits per heavy atom. The lowest BCUT2D eigenvalue weighted by molar-refractivity contribution is -0.137. The average molecular weight is 482 g/mol. The summed E-state index contributed by atoms with van der Waals surface area (Å²) < 4.78 is 70.2. The monoisotopic (exact) mass is 482 g/mol. The van der Waals surface area contributed by atoms with Gasteiger partial charge in [-0.2, -0.15) is 18.2 Å². The Morgan fingerprint density at radius 3 is 2.38 bits per heavy atom. The first-order chi connectivity index (χ1) is 16.1. The van der Waals surface area contributed by atoms with Gasteiger partial charge in [0.05, 0.1) is 5.56 Å². The number of benzene rings is 1. The first kappa shape index (κ1) is 23.6. The number of rotatable bonds is 5. The van der Waals surface area contributed by atoms with E-state index in [4.69, 9.17) is 9.63 Å². The van der Waals surface area contributed by atoms with Crippen LogP contribution in [0, 0.1) is 17.6 Å². The Hall–Kier alpha value is -3.57. The van der Waals surface area contributed by atoms with Gasteiger partial charge in [0.2, 0.25) is 11.7 Å². The number of carbonyl (C=O) groups excluding carboxylic acids is 1. The van der Waals surface area contributed by atoms with Crippen molar-refractivity contribution < 1.29 is 36.4 Å². The van der Waals surface area contributed by atoms with E-state index in [9.17, 15) is 26.7 Å². The van der Waals surface area contributed by atoms with E-state index in [2.05, 4.69) is 20.4 Å². The summed E-state index contributed by atoms with van der Waals surface area (Å²) in [5.41, 5.74) is -0.927. The number of hydrogen-bond acceptors (Lipinski definition) is 6. The molecule has 0 aliphatic heterocycles. The van der Waals surface area contributed by atoms with Crippen LogP contribution in [-0.2, 0) is 6.18 Å². The van der Waals surface area contributed by atoms with Crippen molar-refractivity contribution in [1.29, 1.82) is 0 Å². The summed E-state index contributed by atoms with van der Waals surface area (Å²) in [5.74, 6) is -3.64.